The minimum absolute atomic E-state index is 0.375. The second kappa shape index (κ2) is 7.11. The Hall–Kier alpha value is -2.04. The molecule has 2 amide bonds. The first-order valence-electron chi connectivity index (χ1n) is 6.62. The van der Waals surface area contributed by atoms with Gasteiger partial charge in [-0.1, -0.05) is 41.9 Å². The largest absolute Gasteiger partial charge is 0.386 e. The van der Waals surface area contributed by atoms with Gasteiger partial charge in [-0.2, -0.15) is 0 Å². The zero-order valence-corrected chi connectivity index (χ0v) is 12.3. The maximum Gasteiger partial charge on any atom is 0.319 e. The molecule has 2 rings (SSSR count). The molecule has 4 nitrogen and oxygen atoms in total. The SMILES string of the molecule is C[C@@H](NC(=O)Nc1ccc(Cl)cc1)[C@@H](O)c1ccccc1. The zero-order valence-electron chi connectivity index (χ0n) is 11.6. The Morgan fingerprint density at radius 1 is 1.10 bits per heavy atom. The van der Waals surface area contributed by atoms with Gasteiger partial charge in [0.1, 0.15) is 0 Å². The third-order valence-electron chi connectivity index (χ3n) is 3.08. The molecule has 0 fully saturated rings. The first-order valence-corrected chi connectivity index (χ1v) is 7.00. The molecule has 2 atom stereocenters. The molecule has 2 aromatic rings. The lowest BCUT2D eigenvalue weighted by Gasteiger charge is -2.20. The predicted molar refractivity (Wildman–Crippen MR) is 84.5 cm³/mol. The number of aliphatic hydroxyl groups is 1. The summed E-state index contributed by atoms with van der Waals surface area (Å²) in [5.74, 6) is 0. The highest BCUT2D eigenvalue weighted by atomic mass is 35.5. The summed E-state index contributed by atoms with van der Waals surface area (Å²) < 4.78 is 0. The van der Waals surface area contributed by atoms with E-state index in [1.54, 1.807) is 31.2 Å². The van der Waals surface area contributed by atoms with Crippen LogP contribution < -0.4 is 10.6 Å². The molecule has 0 radical (unpaired) electrons. The second-order valence-electron chi connectivity index (χ2n) is 4.75. The average molecular weight is 305 g/mol. The molecule has 0 saturated carbocycles. The fourth-order valence-electron chi connectivity index (χ4n) is 1.93. The number of nitrogens with one attached hydrogen (secondary N) is 2. The van der Waals surface area contributed by atoms with Crippen LogP contribution in [0, 0.1) is 0 Å². The van der Waals surface area contributed by atoms with Gasteiger partial charge in [0.2, 0.25) is 0 Å². The standard InChI is InChI=1S/C16H17ClN2O2/c1-11(15(20)12-5-3-2-4-6-12)18-16(21)19-14-9-7-13(17)8-10-14/h2-11,15,20H,1H3,(H2,18,19,21)/t11-,15-/m1/s1. The van der Waals surface area contributed by atoms with Crippen LogP contribution in [0.1, 0.15) is 18.6 Å². The number of rotatable bonds is 4. The van der Waals surface area contributed by atoms with E-state index in [1.807, 2.05) is 30.3 Å². The van der Waals surface area contributed by atoms with Gasteiger partial charge in [0.25, 0.3) is 0 Å². The van der Waals surface area contributed by atoms with E-state index in [1.165, 1.54) is 0 Å². The van der Waals surface area contributed by atoms with Crippen LogP contribution in [0.15, 0.2) is 54.6 Å². The van der Waals surface area contributed by atoms with Crippen molar-refractivity contribution in [2.75, 3.05) is 5.32 Å². The van der Waals surface area contributed by atoms with Crippen LogP contribution in [-0.4, -0.2) is 17.2 Å². The van der Waals surface area contributed by atoms with E-state index in [2.05, 4.69) is 10.6 Å². The molecule has 0 aliphatic rings. The van der Waals surface area contributed by atoms with Crippen LogP contribution >= 0.6 is 11.6 Å². The number of anilines is 1. The molecular weight excluding hydrogens is 288 g/mol. The van der Waals surface area contributed by atoms with Crippen molar-refractivity contribution in [3.8, 4) is 0 Å². The molecule has 0 aromatic heterocycles. The van der Waals surface area contributed by atoms with E-state index in [9.17, 15) is 9.90 Å². The van der Waals surface area contributed by atoms with E-state index >= 15 is 0 Å². The molecule has 0 unspecified atom stereocenters. The Labute approximate surface area is 128 Å². The number of hydrogen-bond donors (Lipinski definition) is 3. The van der Waals surface area contributed by atoms with E-state index in [0.717, 1.165) is 5.56 Å². The van der Waals surface area contributed by atoms with Gasteiger partial charge >= 0.3 is 6.03 Å². The molecule has 0 aliphatic heterocycles. The molecule has 3 N–H and O–H groups in total. The number of benzene rings is 2. The van der Waals surface area contributed by atoms with Gasteiger partial charge in [-0.15, -0.1) is 0 Å². The maximum atomic E-state index is 11.9. The molecule has 21 heavy (non-hydrogen) atoms. The molecule has 5 heteroatoms. The van der Waals surface area contributed by atoms with Crippen LogP contribution in [0.3, 0.4) is 0 Å². The fraction of sp³-hybridized carbons (Fsp3) is 0.188. The van der Waals surface area contributed by atoms with E-state index in [-0.39, 0.29) is 6.03 Å². The zero-order chi connectivity index (χ0) is 15.2. The molecule has 0 heterocycles. The van der Waals surface area contributed by atoms with Crippen molar-refractivity contribution in [3.05, 3.63) is 65.2 Å². The summed E-state index contributed by atoms with van der Waals surface area (Å²) in [6, 6.07) is 15.2. The van der Waals surface area contributed by atoms with E-state index < -0.39 is 12.1 Å². The van der Waals surface area contributed by atoms with Crippen molar-refractivity contribution in [1.29, 1.82) is 0 Å². The molecule has 0 saturated heterocycles. The summed E-state index contributed by atoms with van der Waals surface area (Å²) >= 11 is 5.78. The van der Waals surface area contributed by atoms with Crippen molar-refractivity contribution >= 4 is 23.3 Å². The Kier molecular flexibility index (Phi) is 5.20. The van der Waals surface area contributed by atoms with Crippen molar-refractivity contribution < 1.29 is 9.90 Å². The second-order valence-corrected chi connectivity index (χ2v) is 5.19. The third kappa shape index (κ3) is 4.48. The van der Waals surface area contributed by atoms with Gasteiger partial charge in [0.15, 0.2) is 0 Å². The number of carbonyl (C=O) groups is 1. The van der Waals surface area contributed by atoms with Gasteiger partial charge < -0.3 is 15.7 Å². The molecule has 0 bridgehead atoms. The van der Waals surface area contributed by atoms with Crippen molar-refractivity contribution in [2.45, 2.75) is 19.1 Å². The first kappa shape index (κ1) is 15.4. The van der Waals surface area contributed by atoms with Crippen LogP contribution in [0.5, 0.6) is 0 Å². The number of aliphatic hydroxyl groups excluding tert-OH is 1. The highest BCUT2D eigenvalue weighted by Crippen LogP contribution is 2.17. The summed E-state index contributed by atoms with van der Waals surface area (Å²) in [5.41, 5.74) is 1.40. The summed E-state index contributed by atoms with van der Waals surface area (Å²) in [5, 5.41) is 16.2. The molecular formula is C16H17ClN2O2. The summed E-state index contributed by atoms with van der Waals surface area (Å²) in [7, 11) is 0. The monoisotopic (exact) mass is 304 g/mol. The van der Waals surface area contributed by atoms with Crippen molar-refractivity contribution in [1.82, 2.24) is 5.32 Å². The van der Waals surface area contributed by atoms with Gasteiger partial charge in [0, 0.05) is 10.7 Å². The Balaban J connectivity index is 1.91. The van der Waals surface area contributed by atoms with Gasteiger partial charge in [0.05, 0.1) is 12.1 Å². The predicted octanol–water partition coefficient (Wildman–Crippen LogP) is 3.58. The third-order valence-corrected chi connectivity index (χ3v) is 3.33. The summed E-state index contributed by atoms with van der Waals surface area (Å²) in [4.78, 5) is 11.9. The smallest absolute Gasteiger partial charge is 0.319 e. The molecule has 110 valence electrons. The number of amides is 2. The molecule has 0 aliphatic carbocycles. The molecule has 0 spiro atoms. The number of halogens is 1. The Bertz CT molecular complexity index is 587. The van der Waals surface area contributed by atoms with Gasteiger partial charge in [-0.3, -0.25) is 0 Å². The summed E-state index contributed by atoms with van der Waals surface area (Å²) in [6.45, 7) is 1.75. The normalized spacial score (nSPS) is 13.3. The van der Waals surface area contributed by atoms with Crippen LogP contribution in [0.2, 0.25) is 5.02 Å². The van der Waals surface area contributed by atoms with Crippen molar-refractivity contribution in [3.63, 3.8) is 0 Å². The van der Waals surface area contributed by atoms with Crippen LogP contribution in [0.25, 0.3) is 0 Å². The van der Waals surface area contributed by atoms with Gasteiger partial charge in [-0.25, -0.2) is 4.79 Å². The highest BCUT2D eigenvalue weighted by Gasteiger charge is 2.18. The molecule has 2 aromatic carbocycles. The highest BCUT2D eigenvalue weighted by molar-refractivity contribution is 6.30. The van der Waals surface area contributed by atoms with E-state index in [4.69, 9.17) is 11.6 Å². The quantitative estimate of drug-likeness (QED) is 0.808. The lowest BCUT2D eigenvalue weighted by atomic mass is 10.0. The Morgan fingerprint density at radius 3 is 2.33 bits per heavy atom. The Morgan fingerprint density at radius 2 is 1.71 bits per heavy atom. The summed E-state index contributed by atoms with van der Waals surface area (Å²) in [6.07, 6.45) is -0.762. The van der Waals surface area contributed by atoms with Crippen LogP contribution in [-0.2, 0) is 0 Å². The number of carbonyl (C=O) groups excluding carboxylic acids is 1. The van der Waals surface area contributed by atoms with E-state index in [0.29, 0.717) is 10.7 Å². The minimum Gasteiger partial charge on any atom is -0.386 e. The first-order chi connectivity index (χ1) is 10.1. The fourth-order valence-corrected chi connectivity index (χ4v) is 2.05. The maximum absolute atomic E-state index is 11.9. The average Bonchev–Trinajstić information content (AvgIpc) is 2.49. The minimum atomic E-state index is -0.762. The number of urea groups is 1. The van der Waals surface area contributed by atoms with Crippen LogP contribution in [0.4, 0.5) is 10.5 Å². The lowest BCUT2D eigenvalue weighted by Crippen LogP contribution is -2.39. The topological polar surface area (TPSA) is 61.4 Å². The van der Waals surface area contributed by atoms with Gasteiger partial charge in [-0.05, 0) is 36.8 Å². The lowest BCUT2D eigenvalue weighted by molar-refractivity contribution is 0.139. The van der Waals surface area contributed by atoms with Crippen molar-refractivity contribution in [2.24, 2.45) is 0 Å². The number of hydrogen-bond acceptors (Lipinski definition) is 2.